The molecule has 0 aromatic rings. The van der Waals surface area contributed by atoms with Gasteiger partial charge in [-0.1, -0.05) is 44.1 Å². The van der Waals surface area contributed by atoms with Crippen LogP contribution in [0.25, 0.3) is 0 Å². The van der Waals surface area contributed by atoms with Gasteiger partial charge in [0.2, 0.25) is 0 Å². The lowest BCUT2D eigenvalue weighted by Gasteiger charge is -1.95. The first-order valence-electron chi connectivity index (χ1n) is 5.77. The number of carbonyl (C=O) groups excluding carboxylic acids is 1. The fraction of sp³-hybridized carbons (Fsp3) is 0.615. The molecule has 0 atom stereocenters. The highest BCUT2D eigenvalue weighted by molar-refractivity contribution is 5.64. The van der Waals surface area contributed by atoms with Crippen LogP contribution in [-0.4, -0.2) is 5.97 Å². The van der Waals surface area contributed by atoms with Crippen molar-refractivity contribution in [3.05, 3.63) is 24.3 Å². The highest BCUT2D eigenvalue weighted by Crippen LogP contribution is 1.99. The molecule has 15 heavy (non-hydrogen) atoms. The lowest BCUT2D eigenvalue weighted by atomic mass is 10.2. The molecule has 0 saturated carbocycles. The molecule has 0 aromatic heterocycles. The molecule has 0 aliphatic heterocycles. The van der Waals surface area contributed by atoms with Crippen molar-refractivity contribution < 1.29 is 9.90 Å². The molecule has 0 N–H and O–H groups in total. The normalized spacial score (nSPS) is 11.5. The summed E-state index contributed by atoms with van der Waals surface area (Å²) in [5, 5.41) is 10.1. The van der Waals surface area contributed by atoms with Gasteiger partial charge in [0.25, 0.3) is 0 Å². The first-order valence-corrected chi connectivity index (χ1v) is 5.77. The molecule has 0 spiro atoms. The van der Waals surface area contributed by atoms with Crippen LogP contribution >= 0.6 is 0 Å². The van der Waals surface area contributed by atoms with E-state index in [0.29, 0.717) is 6.42 Å². The topological polar surface area (TPSA) is 40.1 Å². The number of carboxylic acids is 1. The summed E-state index contributed by atoms with van der Waals surface area (Å²) in [5.74, 6) is -0.973. The summed E-state index contributed by atoms with van der Waals surface area (Å²) in [6.07, 6.45) is 14.8. The molecule has 2 heteroatoms. The summed E-state index contributed by atoms with van der Waals surface area (Å²) < 4.78 is 0. The molecule has 0 rings (SSSR count). The van der Waals surface area contributed by atoms with Crippen molar-refractivity contribution in [2.24, 2.45) is 0 Å². The first kappa shape index (κ1) is 13.9. The van der Waals surface area contributed by atoms with Crippen LogP contribution in [-0.2, 0) is 4.79 Å². The highest BCUT2D eigenvalue weighted by atomic mass is 16.4. The van der Waals surface area contributed by atoms with Crippen LogP contribution in [0.1, 0.15) is 51.9 Å². The summed E-state index contributed by atoms with van der Waals surface area (Å²) in [6, 6.07) is 0. The van der Waals surface area contributed by atoms with E-state index in [4.69, 9.17) is 0 Å². The van der Waals surface area contributed by atoms with Gasteiger partial charge in [-0.05, 0) is 32.1 Å². The van der Waals surface area contributed by atoms with Gasteiger partial charge in [0.15, 0.2) is 0 Å². The number of allylic oxidation sites excluding steroid dienone is 4. The summed E-state index contributed by atoms with van der Waals surface area (Å²) in [5.41, 5.74) is 0. The zero-order chi connectivity index (χ0) is 11.4. The predicted molar refractivity (Wildman–Crippen MR) is 61.3 cm³/mol. The zero-order valence-electron chi connectivity index (χ0n) is 9.58. The Morgan fingerprint density at radius 1 is 1.00 bits per heavy atom. The van der Waals surface area contributed by atoms with E-state index in [1.54, 1.807) is 0 Å². The maximum absolute atomic E-state index is 10.1. The second-order valence-electron chi connectivity index (χ2n) is 3.57. The van der Waals surface area contributed by atoms with Gasteiger partial charge in [-0.2, -0.15) is 0 Å². The van der Waals surface area contributed by atoms with Crippen molar-refractivity contribution in [2.75, 3.05) is 0 Å². The van der Waals surface area contributed by atoms with E-state index in [2.05, 4.69) is 19.1 Å². The number of aliphatic carboxylic acids is 1. The Morgan fingerprint density at radius 2 is 1.53 bits per heavy atom. The maximum atomic E-state index is 10.1. The number of hydrogen-bond acceptors (Lipinski definition) is 2. The number of carboxylic acid groups (broad SMARTS) is 1. The minimum atomic E-state index is -0.973. The van der Waals surface area contributed by atoms with Gasteiger partial charge in [0, 0.05) is 5.97 Å². The molecule has 0 amide bonds. The smallest absolute Gasteiger partial charge is 0.0417 e. The number of rotatable bonds is 9. The standard InChI is InChI=1S/C13H22O2/c1-2-3-4-5-6-7-8-9-10-11-12-13(14)15/h5-6,9-10H,2-4,7-8,11-12H2,1H3,(H,14,15)/p-1/b6-5+,10-9+. The van der Waals surface area contributed by atoms with E-state index < -0.39 is 5.97 Å². The molecular weight excluding hydrogens is 188 g/mol. The van der Waals surface area contributed by atoms with E-state index in [-0.39, 0.29) is 6.42 Å². The zero-order valence-corrected chi connectivity index (χ0v) is 9.58. The van der Waals surface area contributed by atoms with Crippen molar-refractivity contribution in [3.8, 4) is 0 Å². The summed E-state index contributed by atoms with van der Waals surface area (Å²) >= 11 is 0. The molecule has 0 radical (unpaired) electrons. The average Bonchev–Trinajstić information content (AvgIpc) is 2.20. The Balaban J connectivity index is 3.22. The van der Waals surface area contributed by atoms with E-state index in [0.717, 1.165) is 12.8 Å². The van der Waals surface area contributed by atoms with Gasteiger partial charge >= 0.3 is 0 Å². The van der Waals surface area contributed by atoms with Crippen LogP contribution in [0.2, 0.25) is 0 Å². The second-order valence-corrected chi connectivity index (χ2v) is 3.57. The summed E-state index contributed by atoms with van der Waals surface area (Å²) in [4.78, 5) is 10.1. The minimum Gasteiger partial charge on any atom is -0.550 e. The molecule has 0 saturated heterocycles. The lowest BCUT2D eigenvalue weighted by molar-refractivity contribution is -0.305. The Kier molecular flexibility index (Phi) is 10.3. The third-order valence-electron chi connectivity index (χ3n) is 2.07. The number of hydrogen-bond donors (Lipinski definition) is 0. The van der Waals surface area contributed by atoms with Crippen molar-refractivity contribution >= 4 is 5.97 Å². The van der Waals surface area contributed by atoms with Crippen LogP contribution in [0, 0.1) is 0 Å². The molecule has 2 nitrogen and oxygen atoms in total. The Morgan fingerprint density at radius 3 is 2.07 bits per heavy atom. The summed E-state index contributed by atoms with van der Waals surface area (Å²) in [7, 11) is 0. The van der Waals surface area contributed by atoms with E-state index in [1.807, 2.05) is 12.2 Å². The summed E-state index contributed by atoms with van der Waals surface area (Å²) in [6.45, 7) is 2.19. The van der Waals surface area contributed by atoms with Gasteiger partial charge in [0.05, 0.1) is 0 Å². The van der Waals surface area contributed by atoms with Crippen LogP contribution in [0.4, 0.5) is 0 Å². The first-order chi connectivity index (χ1) is 7.27. The molecule has 0 heterocycles. The van der Waals surface area contributed by atoms with Gasteiger partial charge < -0.3 is 9.90 Å². The minimum absolute atomic E-state index is 0.128. The fourth-order valence-electron chi connectivity index (χ4n) is 1.19. The molecule has 0 aliphatic carbocycles. The number of carbonyl (C=O) groups is 1. The molecule has 0 fully saturated rings. The molecule has 0 unspecified atom stereocenters. The van der Waals surface area contributed by atoms with Gasteiger partial charge in [0.1, 0.15) is 0 Å². The van der Waals surface area contributed by atoms with Crippen molar-refractivity contribution in [1.82, 2.24) is 0 Å². The third kappa shape index (κ3) is 12.9. The Labute approximate surface area is 92.7 Å². The van der Waals surface area contributed by atoms with Crippen molar-refractivity contribution in [1.29, 1.82) is 0 Å². The number of unbranched alkanes of at least 4 members (excludes halogenated alkanes) is 3. The van der Waals surface area contributed by atoms with Crippen LogP contribution in [0.15, 0.2) is 24.3 Å². The molecular formula is C13H21O2-. The third-order valence-corrected chi connectivity index (χ3v) is 2.07. The van der Waals surface area contributed by atoms with E-state index in [9.17, 15) is 9.90 Å². The van der Waals surface area contributed by atoms with E-state index in [1.165, 1.54) is 19.3 Å². The molecule has 86 valence electrons. The molecule has 0 aromatic carbocycles. The average molecular weight is 209 g/mol. The monoisotopic (exact) mass is 209 g/mol. The van der Waals surface area contributed by atoms with Crippen LogP contribution in [0.5, 0.6) is 0 Å². The molecule has 0 bridgehead atoms. The largest absolute Gasteiger partial charge is 0.550 e. The quantitative estimate of drug-likeness (QED) is 0.432. The Bertz CT molecular complexity index is 205. The Hall–Kier alpha value is -1.05. The van der Waals surface area contributed by atoms with Crippen LogP contribution < -0.4 is 5.11 Å². The maximum Gasteiger partial charge on any atom is 0.0417 e. The SMILES string of the molecule is CCCC/C=C/CC/C=C/CCC(=O)[O-]. The van der Waals surface area contributed by atoms with Crippen molar-refractivity contribution in [3.63, 3.8) is 0 Å². The lowest BCUT2D eigenvalue weighted by Crippen LogP contribution is -2.21. The second kappa shape index (κ2) is 11.0. The van der Waals surface area contributed by atoms with E-state index >= 15 is 0 Å². The van der Waals surface area contributed by atoms with Gasteiger partial charge in [-0.3, -0.25) is 0 Å². The predicted octanol–water partition coefficient (Wildman–Crippen LogP) is 2.60. The van der Waals surface area contributed by atoms with Crippen molar-refractivity contribution in [2.45, 2.75) is 51.9 Å². The molecule has 0 aliphatic rings. The van der Waals surface area contributed by atoms with Crippen LogP contribution in [0.3, 0.4) is 0 Å². The van der Waals surface area contributed by atoms with Gasteiger partial charge in [-0.15, -0.1) is 0 Å². The fourth-order valence-corrected chi connectivity index (χ4v) is 1.19. The van der Waals surface area contributed by atoms with Gasteiger partial charge in [-0.25, -0.2) is 0 Å². The highest BCUT2D eigenvalue weighted by Gasteiger charge is 1.82.